The van der Waals surface area contributed by atoms with Gasteiger partial charge in [-0.25, -0.2) is 4.39 Å². The molecule has 0 aliphatic carbocycles. The topological polar surface area (TPSA) is 21.3 Å². The maximum Gasteiger partial charge on any atom is 0.134 e. The Hall–Kier alpha value is -1.39. The van der Waals surface area contributed by atoms with Crippen LogP contribution in [0.4, 0.5) is 4.39 Å². The summed E-state index contributed by atoms with van der Waals surface area (Å²) in [6.45, 7) is 6.46. The largest absolute Gasteiger partial charge is 0.457 e. The molecule has 2 aromatic rings. The van der Waals surface area contributed by atoms with Crippen LogP contribution >= 0.6 is 15.9 Å². The number of rotatable bonds is 5. The third kappa shape index (κ3) is 4.29. The summed E-state index contributed by atoms with van der Waals surface area (Å²) in [5, 5.41) is 3.23. The third-order valence-electron chi connectivity index (χ3n) is 3.13. The standard InChI is InChI=1S/C17H19BrFNO/c1-11(2)20-10-14-15(19)5-4-6-16(14)21-17-9-13(18)8-7-12(17)3/h4-9,11,20H,10H2,1-3H3. The predicted molar refractivity (Wildman–Crippen MR) is 87.3 cm³/mol. The van der Waals surface area contributed by atoms with E-state index in [1.54, 1.807) is 12.1 Å². The van der Waals surface area contributed by atoms with E-state index in [0.29, 0.717) is 17.9 Å². The molecule has 0 saturated carbocycles. The minimum atomic E-state index is -0.256. The van der Waals surface area contributed by atoms with Gasteiger partial charge in [-0.1, -0.05) is 41.9 Å². The molecule has 0 aliphatic rings. The second kappa shape index (κ2) is 7.05. The van der Waals surface area contributed by atoms with Gasteiger partial charge in [0.25, 0.3) is 0 Å². The monoisotopic (exact) mass is 351 g/mol. The average molecular weight is 352 g/mol. The van der Waals surface area contributed by atoms with Crippen LogP contribution < -0.4 is 10.1 Å². The first-order valence-electron chi connectivity index (χ1n) is 6.92. The number of hydrogen-bond donors (Lipinski definition) is 1. The Kier molecular flexibility index (Phi) is 5.37. The first-order chi connectivity index (χ1) is 9.97. The Morgan fingerprint density at radius 1 is 1.19 bits per heavy atom. The van der Waals surface area contributed by atoms with Crippen LogP contribution in [0.2, 0.25) is 0 Å². The molecule has 21 heavy (non-hydrogen) atoms. The van der Waals surface area contributed by atoms with E-state index in [0.717, 1.165) is 15.8 Å². The summed E-state index contributed by atoms with van der Waals surface area (Å²) in [6, 6.07) is 11.0. The van der Waals surface area contributed by atoms with Crippen LogP contribution in [0.25, 0.3) is 0 Å². The number of nitrogens with one attached hydrogen (secondary N) is 1. The maximum atomic E-state index is 14.1. The van der Waals surface area contributed by atoms with E-state index in [1.165, 1.54) is 6.07 Å². The lowest BCUT2D eigenvalue weighted by molar-refractivity contribution is 0.454. The molecule has 0 spiro atoms. The first-order valence-corrected chi connectivity index (χ1v) is 7.71. The molecule has 0 heterocycles. The van der Waals surface area contributed by atoms with Crippen LogP contribution in [0.15, 0.2) is 40.9 Å². The zero-order valence-corrected chi connectivity index (χ0v) is 14.0. The predicted octanol–water partition coefficient (Wildman–Crippen LogP) is 5.19. The zero-order chi connectivity index (χ0) is 15.4. The van der Waals surface area contributed by atoms with Gasteiger partial charge in [0, 0.05) is 22.6 Å². The molecule has 0 saturated heterocycles. The number of ether oxygens (including phenoxy) is 1. The Morgan fingerprint density at radius 2 is 1.95 bits per heavy atom. The van der Waals surface area contributed by atoms with Crippen LogP contribution in [-0.4, -0.2) is 6.04 Å². The molecule has 0 atom stereocenters. The molecule has 0 unspecified atom stereocenters. The Balaban J connectivity index is 2.31. The van der Waals surface area contributed by atoms with Crippen LogP contribution in [0.5, 0.6) is 11.5 Å². The fourth-order valence-corrected chi connectivity index (χ4v) is 2.25. The Bertz CT molecular complexity index is 628. The lowest BCUT2D eigenvalue weighted by Gasteiger charge is -2.15. The molecule has 112 valence electrons. The van der Waals surface area contributed by atoms with Gasteiger partial charge in [-0.05, 0) is 36.8 Å². The first kappa shape index (κ1) is 16.0. The van der Waals surface area contributed by atoms with Gasteiger partial charge in [-0.2, -0.15) is 0 Å². The van der Waals surface area contributed by atoms with Crippen molar-refractivity contribution in [1.29, 1.82) is 0 Å². The summed E-state index contributed by atoms with van der Waals surface area (Å²) < 4.78 is 20.9. The highest BCUT2D eigenvalue weighted by Crippen LogP contribution is 2.31. The summed E-state index contributed by atoms with van der Waals surface area (Å²) in [4.78, 5) is 0. The van der Waals surface area contributed by atoms with Crippen molar-refractivity contribution in [2.45, 2.75) is 33.4 Å². The van der Waals surface area contributed by atoms with Crippen molar-refractivity contribution >= 4 is 15.9 Å². The van der Waals surface area contributed by atoms with Crippen LogP contribution in [0.3, 0.4) is 0 Å². The van der Waals surface area contributed by atoms with Gasteiger partial charge < -0.3 is 10.1 Å². The zero-order valence-electron chi connectivity index (χ0n) is 12.4. The lowest BCUT2D eigenvalue weighted by atomic mass is 10.1. The molecule has 0 bridgehead atoms. The van der Waals surface area contributed by atoms with Crippen LogP contribution in [0.1, 0.15) is 25.0 Å². The van der Waals surface area contributed by atoms with Gasteiger partial charge in [-0.3, -0.25) is 0 Å². The van der Waals surface area contributed by atoms with Gasteiger partial charge in [0.2, 0.25) is 0 Å². The molecule has 2 rings (SSSR count). The second-order valence-electron chi connectivity index (χ2n) is 5.26. The van der Waals surface area contributed by atoms with E-state index in [2.05, 4.69) is 21.2 Å². The van der Waals surface area contributed by atoms with E-state index in [4.69, 9.17) is 4.74 Å². The molecule has 0 aromatic heterocycles. The molecule has 2 nitrogen and oxygen atoms in total. The van der Waals surface area contributed by atoms with E-state index >= 15 is 0 Å². The summed E-state index contributed by atoms with van der Waals surface area (Å²) in [6.07, 6.45) is 0. The van der Waals surface area contributed by atoms with Crippen LogP contribution in [0, 0.1) is 12.7 Å². The maximum absolute atomic E-state index is 14.1. The average Bonchev–Trinajstić information content (AvgIpc) is 2.42. The second-order valence-corrected chi connectivity index (χ2v) is 6.18. The minimum Gasteiger partial charge on any atom is -0.457 e. The van der Waals surface area contributed by atoms with Crippen molar-refractivity contribution in [1.82, 2.24) is 5.32 Å². The van der Waals surface area contributed by atoms with E-state index in [9.17, 15) is 4.39 Å². The van der Waals surface area contributed by atoms with E-state index in [1.807, 2.05) is 39.0 Å². The lowest BCUT2D eigenvalue weighted by Crippen LogP contribution is -2.22. The van der Waals surface area contributed by atoms with Crippen molar-refractivity contribution in [3.8, 4) is 11.5 Å². The van der Waals surface area contributed by atoms with Crippen molar-refractivity contribution in [2.24, 2.45) is 0 Å². The van der Waals surface area contributed by atoms with Gasteiger partial charge >= 0.3 is 0 Å². The quantitative estimate of drug-likeness (QED) is 0.800. The fraction of sp³-hybridized carbons (Fsp3) is 0.294. The number of halogens is 2. The molecular weight excluding hydrogens is 333 g/mol. The summed E-state index contributed by atoms with van der Waals surface area (Å²) >= 11 is 3.43. The highest BCUT2D eigenvalue weighted by atomic mass is 79.9. The smallest absolute Gasteiger partial charge is 0.134 e. The number of hydrogen-bond acceptors (Lipinski definition) is 2. The summed E-state index contributed by atoms with van der Waals surface area (Å²) in [7, 11) is 0. The van der Waals surface area contributed by atoms with Crippen molar-refractivity contribution in [3.05, 3.63) is 57.8 Å². The fourth-order valence-electron chi connectivity index (χ4n) is 1.91. The van der Waals surface area contributed by atoms with Gasteiger partial charge in [-0.15, -0.1) is 0 Å². The summed E-state index contributed by atoms with van der Waals surface area (Å²) in [5.41, 5.74) is 1.55. The van der Waals surface area contributed by atoms with Gasteiger partial charge in [0.1, 0.15) is 17.3 Å². The Labute approximate surface area is 133 Å². The van der Waals surface area contributed by atoms with Gasteiger partial charge in [0.15, 0.2) is 0 Å². The van der Waals surface area contributed by atoms with E-state index < -0.39 is 0 Å². The molecule has 0 aliphatic heterocycles. The molecule has 0 fully saturated rings. The molecule has 0 amide bonds. The molecular formula is C17H19BrFNO. The molecule has 1 N–H and O–H groups in total. The van der Waals surface area contributed by atoms with E-state index in [-0.39, 0.29) is 11.9 Å². The SMILES string of the molecule is Cc1ccc(Br)cc1Oc1cccc(F)c1CNC(C)C. The van der Waals surface area contributed by atoms with Crippen molar-refractivity contribution in [2.75, 3.05) is 0 Å². The molecule has 2 aromatic carbocycles. The number of benzene rings is 2. The Morgan fingerprint density at radius 3 is 2.67 bits per heavy atom. The highest BCUT2D eigenvalue weighted by molar-refractivity contribution is 9.10. The highest BCUT2D eigenvalue weighted by Gasteiger charge is 2.12. The van der Waals surface area contributed by atoms with Gasteiger partial charge in [0.05, 0.1) is 0 Å². The van der Waals surface area contributed by atoms with Crippen molar-refractivity contribution < 1.29 is 9.13 Å². The van der Waals surface area contributed by atoms with Crippen molar-refractivity contribution in [3.63, 3.8) is 0 Å². The third-order valence-corrected chi connectivity index (χ3v) is 3.63. The number of aryl methyl sites for hydroxylation is 1. The van der Waals surface area contributed by atoms with Crippen LogP contribution in [-0.2, 0) is 6.54 Å². The molecule has 0 radical (unpaired) electrons. The minimum absolute atomic E-state index is 0.256. The summed E-state index contributed by atoms with van der Waals surface area (Å²) in [5.74, 6) is 1.01. The molecule has 4 heteroatoms. The normalized spacial score (nSPS) is 11.0.